The van der Waals surface area contributed by atoms with Crippen LogP contribution in [0.3, 0.4) is 0 Å². The van der Waals surface area contributed by atoms with E-state index in [0.717, 1.165) is 46.9 Å². The summed E-state index contributed by atoms with van der Waals surface area (Å²) in [7, 11) is 2.11. The van der Waals surface area contributed by atoms with Crippen LogP contribution in [-0.2, 0) is 0 Å². The molecule has 0 amide bonds. The zero-order valence-electron chi connectivity index (χ0n) is 15.0. The molecule has 27 heavy (non-hydrogen) atoms. The van der Waals surface area contributed by atoms with E-state index in [-0.39, 0.29) is 0 Å². The highest BCUT2D eigenvalue weighted by molar-refractivity contribution is 5.90. The standard InChI is InChI=1S/C21H19N5O/c1-25-12-16(13-25)26-21-19(11-22-14-23-21)20(24-26)15-7-9-18(10-8-15)27-17-5-3-2-4-6-17/h2-11,14,16H,12-13H2,1H3. The van der Waals surface area contributed by atoms with E-state index in [2.05, 4.69) is 21.9 Å². The number of hydrogen-bond donors (Lipinski definition) is 0. The van der Waals surface area contributed by atoms with Crippen LogP contribution < -0.4 is 4.74 Å². The minimum Gasteiger partial charge on any atom is -0.457 e. The summed E-state index contributed by atoms with van der Waals surface area (Å²) in [6.07, 6.45) is 3.43. The number of para-hydroxylation sites is 1. The first-order valence-corrected chi connectivity index (χ1v) is 8.98. The lowest BCUT2D eigenvalue weighted by Crippen LogP contribution is -2.45. The van der Waals surface area contributed by atoms with Crippen molar-refractivity contribution in [2.24, 2.45) is 0 Å². The van der Waals surface area contributed by atoms with E-state index in [4.69, 9.17) is 9.84 Å². The molecule has 6 nitrogen and oxygen atoms in total. The molecule has 1 aliphatic rings. The zero-order valence-corrected chi connectivity index (χ0v) is 15.0. The van der Waals surface area contributed by atoms with Gasteiger partial charge < -0.3 is 9.64 Å². The number of likely N-dealkylation sites (tertiary alicyclic amines) is 1. The van der Waals surface area contributed by atoms with Gasteiger partial charge in [-0.25, -0.2) is 14.6 Å². The third kappa shape index (κ3) is 2.94. The van der Waals surface area contributed by atoms with Crippen molar-refractivity contribution in [3.63, 3.8) is 0 Å². The van der Waals surface area contributed by atoms with E-state index in [1.165, 1.54) is 0 Å². The highest BCUT2D eigenvalue weighted by atomic mass is 16.5. The van der Waals surface area contributed by atoms with Crippen LogP contribution in [0.4, 0.5) is 0 Å². The van der Waals surface area contributed by atoms with Crippen molar-refractivity contribution in [2.45, 2.75) is 6.04 Å². The van der Waals surface area contributed by atoms with Crippen molar-refractivity contribution in [3.8, 4) is 22.8 Å². The maximum atomic E-state index is 5.88. The molecule has 1 saturated heterocycles. The predicted molar refractivity (Wildman–Crippen MR) is 104 cm³/mol. The van der Waals surface area contributed by atoms with Crippen molar-refractivity contribution in [3.05, 3.63) is 67.1 Å². The Morgan fingerprint density at radius 2 is 1.70 bits per heavy atom. The maximum absolute atomic E-state index is 5.88. The molecule has 0 atom stereocenters. The van der Waals surface area contributed by atoms with Crippen LogP contribution in [-0.4, -0.2) is 44.8 Å². The van der Waals surface area contributed by atoms with Gasteiger partial charge in [0, 0.05) is 24.8 Å². The topological polar surface area (TPSA) is 56.1 Å². The number of nitrogens with zero attached hydrogens (tertiary/aromatic N) is 5. The van der Waals surface area contributed by atoms with Crippen molar-refractivity contribution >= 4 is 11.0 Å². The summed E-state index contributed by atoms with van der Waals surface area (Å²) in [6.45, 7) is 1.98. The van der Waals surface area contributed by atoms with Crippen molar-refractivity contribution < 1.29 is 4.74 Å². The van der Waals surface area contributed by atoms with E-state index >= 15 is 0 Å². The average Bonchev–Trinajstić information content (AvgIpc) is 3.06. The van der Waals surface area contributed by atoms with Gasteiger partial charge in [0.2, 0.25) is 0 Å². The Morgan fingerprint density at radius 1 is 0.963 bits per heavy atom. The molecule has 0 spiro atoms. The molecular weight excluding hydrogens is 338 g/mol. The van der Waals surface area contributed by atoms with Gasteiger partial charge in [0.15, 0.2) is 5.65 Å². The Bertz CT molecular complexity index is 1070. The number of fused-ring (bicyclic) bond motifs is 1. The van der Waals surface area contributed by atoms with Crippen molar-refractivity contribution in [1.82, 2.24) is 24.6 Å². The molecule has 1 aliphatic heterocycles. The molecule has 3 heterocycles. The molecule has 134 valence electrons. The highest BCUT2D eigenvalue weighted by Gasteiger charge is 2.28. The third-order valence-electron chi connectivity index (χ3n) is 4.87. The third-order valence-corrected chi connectivity index (χ3v) is 4.87. The van der Waals surface area contributed by atoms with Gasteiger partial charge in [-0.3, -0.25) is 0 Å². The number of hydrogen-bond acceptors (Lipinski definition) is 5. The number of likely N-dealkylation sites (N-methyl/N-ethyl adjacent to an activating group) is 1. The fraction of sp³-hybridized carbons (Fsp3) is 0.190. The summed E-state index contributed by atoms with van der Waals surface area (Å²) in [5.41, 5.74) is 2.83. The van der Waals surface area contributed by atoms with E-state index < -0.39 is 0 Å². The number of aromatic nitrogens is 4. The van der Waals surface area contributed by atoms with E-state index in [0.29, 0.717) is 6.04 Å². The zero-order chi connectivity index (χ0) is 18.2. The monoisotopic (exact) mass is 357 g/mol. The van der Waals surface area contributed by atoms with E-state index in [1.54, 1.807) is 6.33 Å². The summed E-state index contributed by atoms with van der Waals surface area (Å²) in [6, 6.07) is 18.1. The van der Waals surface area contributed by atoms with E-state index in [9.17, 15) is 0 Å². The van der Waals surface area contributed by atoms with Gasteiger partial charge in [0.1, 0.15) is 23.5 Å². The molecule has 2 aromatic carbocycles. The van der Waals surface area contributed by atoms with Crippen molar-refractivity contribution in [2.75, 3.05) is 20.1 Å². The summed E-state index contributed by atoms with van der Waals surface area (Å²) in [5.74, 6) is 1.62. The van der Waals surface area contributed by atoms with Gasteiger partial charge in [0.25, 0.3) is 0 Å². The molecule has 5 rings (SSSR count). The van der Waals surface area contributed by atoms with Gasteiger partial charge in [-0.2, -0.15) is 5.10 Å². The Labute approximate surface area is 157 Å². The first-order valence-electron chi connectivity index (χ1n) is 8.98. The quantitative estimate of drug-likeness (QED) is 0.556. The number of benzene rings is 2. The first kappa shape index (κ1) is 16.0. The van der Waals surface area contributed by atoms with Crippen LogP contribution >= 0.6 is 0 Å². The van der Waals surface area contributed by atoms with Crippen LogP contribution in [0.25, 0.3) is 22.3 Å². The second-order valence-corrected chi connectivity index (χ2v) is 6.87. The Hall–Kier alpha value is -3.25. The van der Waals surface area contributed by atoms with Gasteiger partial charge in [0.05, 0.1) is 11.4 Å². The lowest BCUT2D eigenvalue weighted by Gasteiger charge is -2.36. The Balaban J connectivity index is 1.48. The Kier molecular flexibility index (Phi) is 3.83. The highest BCUT2D eigenvalue weighted by Crippen LogP contribution is 2.32. The SMILES string of the molecule is CN1CC(n2nc(-c3ccc(Oc4ccccc4)cc3)c3cncnc32)C1. The number of rotatable bonds is 4. The Morgan fingerprint density at radius 3 is 2.44 bits per heavy atom. The largest absolute Gasteiger partial charge is 0.457 e. The summed E-state index contributed by atoms with van der Waals surface area (Å²) in [4.78, 5) is 11.0. The summed E-state index contributed by atoms with van der Waals surface area (Å²) >= 11 is 0. The minimum atomic E-state index is 0.363. The van der Waals surface area contributed by atoms with Gasteiger partial charge in [-0.15, -0.1) is 0 Å². The van der Waals surface area contributed by atoms with Crippen molar-refractivity contribution in [1.29, 1.82) is 0 Å². The average molecular weight is 357 g/mol. The molecule has 0 radical (unpaired) electrons. The van der Waals surface area contributed by atoms with Crippen LogP contribution in [0.15, 0.2) is 67.1 Å². The molecule has 0 N–H and O–H groups in total. The van der Waals surface area contributed by atoms with Crippen LogP contribution in [0, 0.1) is 0 Å². The van der Waals surface area contributed by atoms with Gasteiger partial charge in [-0.1, -0.05) is 18.2 Å². The lowest BCUT2D eigenvalue weighted by atomic mass is 10.1. The first-order chi connectivity index (χ1) is 13.3. The van der Waals surface area contributed by atoms with Crippen LogP contribution in [0.1, 0.15) is 6.04 Å². The molecule has 0 unspecified atom stereocenters. The normalized spacial score (nSPS) is 15.0. The second kappa shape index (κ2) is 6.48. The molecule has 0 bridgehead atoms. The molecular formula is C21H19N5O. The molecule has 6 heteroatoms. The molecule has 1 fully saturated rings. The molecule has 2 aromatic heterocycles. The lowest BCUT2D eigenvalue weighted by molar-refractivity contribution is 0.134. The fourth-order valence-electron chi connectivity index (χ4n) is 3.48. The summed E-state index contributed by atoms with van der Waals surface area (Å²) < 4.78 is 7.93. The fourth-order valence-corrected chi connectivity index (χ4v) is 3.48. The van der Waals surface area contributed by atoms with Crippen LogP contribution in [0.5, 0.6) is 11.5 Å². The minimum absolute atomic E-state index is 0.363. The molecule has 0 saturated carbocycles. The molecule has 0 aliphatic carbocycles. The second-order valence-electron chi connectivity index (χ2n) is 6.87. The van der Waals surface area contributed by atoms with Gasteiger partial charge in [-0.05, 0) is 43.4 Å². The van der Waals surface area contributed by atoms with E-state index in [1.807, 2.05) is 65.5 Å². The predicted octanol–water partition coefficient (Wildman–Crippen LogP) is 3.77. The number of ether oxygens (including phenoxy) is 1. The smallest absolute Gasteiger partial charge is 0.162 e. The summed E-state index contributed by atoms with van der Waals surface area (Å²) in [5, 5.41) is 5.85. The van der Waals surface area contributed by atoms with Gasteiger partial charge >= 0.3 is 0 Å². The molecule has 4 aromatic rings. The maximum Gasteiger partial charge on any atom is 0.162 e. The van der Waals surface area contributed by atoms with Crippen LogP contribution in [0.2, 0.25) is 0 Å².